The van der Waals surface area contributed by atoms with E-state index in [-0.39, 0.29) is 18.3 Å². The standard InChI is InChI=1S/C14H26N2O.ClH/c1-11-10-16(8-7-15-11)13(17)12-5-4-6-14(2,3)9-12;/h11-12,15H,4-10H2,1-3H3;1H/t11-,12?;/m1./s1. The number of hydrogen-bond acceptors (Lipinski definition) is 2. The van der Waals surface area contributed by atoms with Crippen molar-refractivity contribution in [2.24, 2.45) is 11.3 Å². The molecule has 1 unspecified atom stereocenters. The van der Waals surface area contributed by atoms with Crippen LogP contribution in [0, 0.1) is 11.3 Å². The topological polar surface area (TPSA) is 32.3 Å². The Morgan fingerprint density at radius 1 is 1.39 bits per heavy atom. The molecular weight excluding hydrogens is 248 g/mol. The quantitative estimate of drug-likeness (QED) is 0.797. The Bertz CT molecular complexity index is 294. The van der Waals surface area contributed by atoms with Crippen LogP contribution in [0.1, 0.15) is 46.5 Å². The normalized spacial score (nSPS) is 31.6. The van der Waals surface area contributed by atoms with Crippen LogP contribution in [0.5, 0.6) is 0 Å². The molecule has 0 spiro atoms. The Labute approximate surface area is 117 Å². The number of rotatable bonds is 1. The van der Waals surface area contributed by atoms with E-state index in [1.807, 2.05) is 0 Å². The van der Waals surface area contributed by atoms with Gasteiger partial charge in [0.05, 0.1) is 0 Å². The van der Waals surface area contributed by atoms with Crippen LogP contribution >= 0.6 is 12.4 Å². The molecule has 4 heteroatoms. The largest absolute Gasteiger partial charge is 0.340 e. The smallest absolute Gasteiger partial charge is 0.225 e. The van der Waals surface area contributed by atoms with Crippen LogP contribution in [0.3, 0.4) is 0 Å². The fourth-order valence-corrected chi connectivity index (χ4v) is 3.30. The molecule has 1 saturated heterocycles. The first kappa shape index (κ1) is 15.8. The zero-order valence-corrected chi connectivity index (χ0v) is 12.7. The van der Waals surface area contributed by atoms with E-state index < -0.39 is 0 Å². The molecule has 0 bridgehead atoms. The Hall–Kier alpha value is -0.280. The van der Waals surface area contributed by atoms with Gasteiger partial charge in [0, 0.05) is 31.6 Å². The molecule has 0 aromatic rings. The highest BCUT2D eigenvalue weighted by atomic mass is 35.5. The van der Waals surface area contributed by atoms with Crippen molar-refractivity contribution in [3.05, 3.63) is 0 Å². The number of halogens is 1. The Morgan fingerprint density at radius 2 is 2.11 bits per heavy atom. The maximum atomic E-state index is 12.5. The van der Waals surface area contributed by atoms with E-state index >= 15 is 0 Å². The average molecular weight is 275 g/mol. The van der Waals surface area contributed by atoms with Gasteiger partial charge in [0.25, 0.3) is 0 Å². The van der Waals surface area contributed by atoms with Crippen molar-refractivity contribution >= 4 is 18.3 Å². The van der Waals surface area contributed by atoms with Gasteiger partial charge in [0.15, 0.2) is 0 Å². The van der Waals surface area contributed by atoms with E-state index in [4.69, 9.17) is 0 Å². The number of hydrogen-bond donors (Lipinski definition) is 1. The lowest BCUT2D eigenvalue weighted by molar-refractivity contribution is -0.139. The lowest BCUT2D eigenvalue weighted by atomic mass is 9.72. The summed E-state index contributed by atoms with van der Waals surface area (Å²) in [7, 11) is 0. The summed E-state index contributed by atoms with van der Waals surface area (Å²) in [5.41, 5.74) is 0.359. The number of carbonyl (C=O) groups is 1. The van der Waals surface area contributed by atoms with Gasteiger partial charge in [-0.05, 0) is 31.6 Å². The van der Waals surface area contributed by atoms with Crippen LogP contribution in [0.15, 0.2) is 0 Å². The molecule has 18 heavy (non-hydrogen) atoms. The van der Waals surface area contributed by atoms with Crippen LogP contribution in [-0.2, 0) is 4.79 Å². The van der Waals surface area contributed by atoms with Gasteiger partial charge in [-0.15, -0.1) is 12.4 Å². The van der Waals surface area contributed by atoms with Crippen molar-refractivity contribution in [2.75, 3.05) is 19.6 Å². The van der Waals surface area contributed by atoms with Crippen molar-refractivity contribution < 1.29 is 4.79 Å². The molecule has 2 fully saturated rings. The molecule has 2 atom stereocenters. The van der Waals surface area contributed by atoms with E-state index in [1.54, 1.807) is 0 Å². The Balaban J connectivity index is 0.00000162. The molecule has 1 aliphatic heterocycles. The van der Waals surface area contributed by atoms with Crippen LogP contribution < -0.4 is 5.32 Å². The predicted octanol–water partition coefficient (Wildman–Crippen LogP) is 2.44. The second kappa shape index (κ2) is 6.25. The Kier molecular flexibility index (Phi) is 5.47. The second-order valence-electron chi connectivity index (χ2n) is 6.60. The summed E-state index contributed by atoms with van der Waals surface area (Å²) in [6, 6.07) is 0.448. The van der Waals surface area contributed by atoms with Crippen LogP contribution in [0.25, 0.3) is 0 Å². The summed E-state index contributed by atoms with van der Waals surface area (Å²) in [6.45, 7) is 9.47. The molecule has 1 heterocycles. The average Bonchev–Trinajstić information content (AvgIpc) is 2.26. The second-order valence-corrected chi connectivity index (χ2v) is 6.60. The highest BCUT2D eigenvalue weighted by Crippen LogP contribution is 2.39. The predicted molar refractivity (Wildman–Crippen MR) is 77.0 cm³/mol. The van der Waals surface area contributed by atoms with E-state index in [9.17, 15) is 4.79 Å². The van der Waals surface area contributed by atoms with Crippen LogP contribution in [0.4, 0.5) is 0 Å². The minimum absolute atomic E-state index is 0. The van der Waals surface area contributed by atoms with Crippen molar-refractivity contribution in [3.63, 3.8) is 0 Å². The SMILES string of the molecule is C[C@@H]1CN(C(=O)C2CCCC(C)(C)C2)CCN1.Cl. The molecule has 1 N–H and O–H groups in total. The molecular formula is C14H27ClN2O. The summed E-state index contributed by atoms with van der Waals surface area (Å²) < 4.78 is 0. The third-order valence-corrected chi connectivity index (χ3v) is 4.23. The van der Waals surface area contributed by atoms with E-state index in [2.05, 4.69) is 31.0 Å². The number of nitrogens with one attached hydrogen (secondary N) is 1. The zero-order valence-electron chi connectivity index (χ0n) is 11.9. The number of amides is 1. The van der Waals surface area contributed by atoms with Gasteiger partial charge >= 0.3 is 0 Å². The molecule has 106 valence electrons. The van der Waals surface area contributed by atoms with E-state index in [0.29, 0.717) is 17.4 Å². The van der Waals surface area contributed by atoms with Crippen molar-refractivity contribution in [1.82, 2.24) is 10.2 Å². The number of nitrogens with zero attached hydrogens (tertiary/aromatic N) is 1. The highest BCUT2D eigenvalue weighted by molar-refractivity contribution is 5.85. The molecule has 1 aliphatic carbocycles. The molecule has 0 aromatic carbocycles. The van der Waals surface area contributed by atoms with Gasteiger partial charge in [0.1, 0.15) is 0 Å². The summed E-state index contributed by atoms with van der Waals surface area (Å²) >= 11 is 0. The highest BCUT2D eigenvalue weighted by Gasteiger charge is 2.34. The molecule has 1 saturated carbocycles. The monoisotopic (exact) mass is 274 g/mol. The summed E-state index contributed by atoms with van der Waals surface area (Å²) in [6.07, 6.45) is 4.66. The molecule has 0 aromatic heterocycles. The van der Waals surface area contributed by atoms with Crippen molar-refractivity contribution in [3.8, 4) is 0 Å². The maximum absolute atomic E-state index is 12.5. The maximum Gasteiger partial charge on any atom is 0.225 e. The van der Waals surface area contributed by atoms with Gasteiger partial charge in [-0.25, -0.2) is 0 Å². The van der Waals surface area contributed by atoms with Crippen LogP contribution in [-0.4, -0.2) is 36.5 Å². The van der Waals surface area contributed by atoms with Gasteiger partial charge in [0.2, 0.25) is 5.91 Å². The molecule has 1 amide bonds. The summed E-state index contributed by atoms with van der Waals surface area (Å²) in [5, 5.41) is 3.39. The fraction of sp³-hybridized carbons (Fsp3) is 0.929. The van der Waals surface area contributed by atoms with Crippen molar-refractivity contribution in [1.29, 1.82) is 0 Å². The molecule has 2 aliphatic rings. The van der Waals surface area contributed by atoms with Gasteiger partial charge in [-0.2, -0.15) is 0 Å². The lowest BCUT2D eigenvalue weighted by Gasteiger charge is -2.39. The minimum Gasteiger partial charge on any atom is -0.340 e. The lowest BCUT2D eigenvalue weighted by Crippen LogP contribution is -2.53. The first-order valence-corrected chi connectivity index (χ1v) is 7.00. The van der Waals surface area contributed by atoms with Crippen molar-refractivity contribution in [2.45, 2.75) is 52.5 Å². The van der Waals surface area contributed by atoms with Gasteiger partial charge in [-0.1, -0.05) is 20.3 Å². The fourth-order valence-electron chi connectivity index (χ4n) is 3.30. The first-order valence-electron chi connectivity index (χ1n) is 7.00. The van der Waals surface area contributed by atoms with Gasteiger partial charge < -0.3 is 10.2 Å². The molecule has 2 rings (SSSR count). The molecule has 0 radical (unpaired) electrons. The number of carbonyl (C=O) groups excluding carboxylic acids is 1. The third-order valence-electron chi connectivity index (χ3n) is 4.23. The van der Waals surface area contributed by atoms with Crippen LogP contribution in [0.2, 0.25) is 0 Å². The molecule has 3 nitrogen and oxygen atoms in total. The minimum atomic E-state index is 0. The van der Waals surface area contributed by atoms with Gasteiger partial charge in [-0.3, -0.25) is 4.79 Å². The third kappa shape index (κ3) is 3.86. The zero-order chi connectivity index (χ0) is 12.5. The number of piperazine rings is 1. The summed E-state index contributed by atoms with van der Waals surface area (Å²) in [4.78, 5) is 14.6. The van der Waals surface area contributed by atoms with E-state index in [0.717, 1.165) is 32.5 Å². The first-order chi connectivity index (χ1) is 7.98. The Morgan fingerprint density at radius 3 is 2.72 bits per heavy atom. The van der Waals surface area contributed by atoms with E-state index in [1.165, 1.54) is 12.8 Å². The summed E-state index contributed by atoms with van der Waals surface area (Å²) in [5.74, 6) is 0.690.